The molecule has 1 aromatic carbocycles. The summed E-state index contributed by atoms with van der Waals surface area (Å²) in [7, 11) is -4.75. The van der Waals surface area contributed by atoms with Crippen LogP contribution in [0.3, 0.4) is 0 Å². The highest BCUT2D eigenvalue weighted by atomic mass is 32.2. The van der Waals surface area contributed by atoms with Crippen molar-refractivity contribution in [2.24, 2.45) is 16.9 Å². The third-order valence-electron chi connectivity index (χ3n) is 5.06. The van der Waals surface area contributed by atoms with Crippen LogP contribution in [0.4, 0.5) is 26.0 Å². The van der Waals surface area contributed by atoms with Gasteiger partial charge in [0.2, 0.25) is 5.95 Å². The third-order valence-corrected chi connectivity index (χ3v) is 6.55. The molecule has 1 heterocycles. The number of rotatable bonds is 8. The summed E-state index contributed by atoms with van der Waals surface area (Å²) >= 11 is 0.630. The summed E-state index contributed by atoms with van der Waals surface area (Å²) in [5.41, 5.74) is 2.27. The predicted octanol–water partition coefficient (Wildman–Crippen LogP) is 3.74. The summed E-state index contributed by atoms with van der Waals surface area (Å²) in [6, 6.07) is 4.19. The number of hydrogen-bond acceptors (Lipinski definition) is 13. The zero-order chi connectivity index (χ0) is 26.7. The van der Waals surface area contributed by atoms with Gasteiger partial charge in [-0.2, -0.15) is 32.3 Å². The SMILES string of the molecule is N=C1C=CC2C=C(SOOO)C=C(O)C2/C1=N/Nc1cc(Nc2cc(F)nc(F)n2)ccc1S(=O)(=O)O. The number of allylic oxidation sites excluding steroid dienone is 5. The topological polar surface area (TPSA) is 199 Å². The summed E-state index contributed by atoms with van der Waals surface area (Å²) in [4.78, 5) is 6.07. The van der Waals surface area contributed by atoms with Gasteiger partial charge in [0, 0.05) is 22.6 Å². The van der Waals surface area contributed by atoms with Gasteiger partial charge in [-0.3, -0.25) is 15.4 Å². The van der Waals surface area contributed by atoms with Crippen molar-refractivity contribution >= 4 is 50.8 Å². The average molecular weight is 555 g/mol. The first-order chi connectivity index (χ1) is 17.5. The van der Waals surface area contributed by atoms with Crippen LogP contribution in [-0.2, 0) is 19.5 Å². The second-order valence-electron chi connectivity index (χ2n) is 7.46. The van der Waals surface area contributed by atoms with Crippen LogP contribution >= 0.6 is 12.0 Å². The monoisotopic (exact) mass is 554 g/mol. The van der Waals surface area contributed by atoms with Gasteiger partial charge in [-0.05, 0) is 30.4 Å². The van der Waals surface area contributed by atoms with Crippen LogP contribution in [-0.4, -0.2) is 44.7 Å². The van der Waals surface area contributed by atoms with E-state index in [9.17, 15) is 26.9 Å². The molecule has 13 nitrogen and oxygen atoms in total. The molecular formula is C20H16F2N6O7S2. The fraction of sp³-hybridized carbons (Fsp3) is 0.100. The van der Waals surface area contributed by atoms with E-state index in [1.165, 1.54) is 24.3 Å². The zero-order valence-corrected chi connectivity index (χ0v) is 19.8. The van der Waals surface area contributed by atoms with E-state index >= 15 is 0 Å². The molecule has 2 unspecified atom stereocenters. The number of anilines is 3. The molecule has 6 N–H and O–H groups in total. The molecule has 4 rings (SSSR count). The first kappa shape index (κ1) is 26.3. The predicted molar refractivity (Wildman–Crippen MR) is 128 cm³/mol. The molecule has 194 valence electrons. The van der Waals surface area contributed by atoms with Crippen LogP contribution in [0.1, 0.15) is 0 Å². The lowest BCUT2D eigenvalue weighted by Gasteiger charge is -2.30. The lowest BCUT2D eigenvalue weighted by atomic mass is 9.78. The summed E-state index contributed by atoms with van der Waals surface area (Å²) in [5.74, 6) is -2.92. The number of nitrogens with one attached hydrogen (secondary N) is 3. The van der Waals surface area contributed by atoms with Gasteiger partial charge >= 0.3 is 6.08 Å². The van der Waals surface area contributed by atoms with Gasteiger partial charge in [0.15, 0.2) is 0 Å². The molecule has 2 aromatic rings. The lowest BCUT2D eigenvalue weighted by Crippen LogP contribution is -2.34. The number of fused-ring (bicyclic) bond motifs is 1. The van der Waals surface area contributed by atoms with Crippen LogP contribution < -0.4 is 10.7 Å². The molecule has 0 bridgehead atoms. The zero-order valence-electron chi connectivity index (χ0n) is 18.2. The highest BCUT2D eigenvalue weighted by Crippen LogP contribution is 2.37. The van der Waals surface area contributed by atoms with E-state index in [-0.39, 0.29) is 34.4 Å². The van der Waals surface area contributed by atoms with Gasteiger partial charge in [0.05, 0.1) is 35.1 Å². The van der Waals surface area contributed by atoms with Gasteiger partial charge in [0.25, 0.3) is 10.1 Å². The molecule has 0 saturated heterocycles. The first-order valence-corrected chi connectivity index (χ1v) is 12.2. The Bertz CT molecular complexity index is 1460. The molecule has 2 atom stereocenters. The van der Waals surface area contributed by atoms with E-state index in [1.807, 2.05) is 0 Å². The van der Waals surface area contributed by atoms with Crippen molar-refractivity contribution in [1.82, 2.24) is 9.97 Å². The maximum Gasteiger partial charge on any atom is 0.313 e. The minimum Gasteiger partial charge on any atom is -0.512 e. The Morgan fingerprint density at radius 3 is 2.70 bits per heavy atom. The molecule has 0 fully saturated rings. The number of hydrogen-bond donors (Lipinski definition) is 6. The number of aliphatic hydroxyl groups excluding tert-OH is 1. The molecule has 0 amide bonds. The van der Waals surface area contributed by atoms with E-state index in [0.717, 1.165) is 12.1 Å². The highest BCUT2D eigenvalue weighted by molar-refractivity contribution is 7.98. The van der Waals surface area contributed by atoms with Crippen LogP contribution in [0.5, 0.6) is 0 Å². The Morgan fingerprint density at radius 2 is 2.00 bits per heavy atom. The van der Waals surface area contributed by atoms with Crippen LogP contribution in [0.2, 0.25) is 0 Å². The number of aliphatic hydroxyl groups is 1. The molecule has 37 heavy (non-hydrogen) atoms. The van der Waals surface area contributed by atoms with Crippen molar-refractivity contribution in [3.63, 3.8) is 0 Å². The Balaban J connectivity index is 1.66. The van der Waals surface area contributed by atoms with Gasteiger partial charge in [-0.1, -0.05) is 17.2 Å². The first-order valence-electron chi connectivity index (χ1n) is 10.0. The lowest BCUT2D eigenvalue weighted by molar-refractivity contribution is -0.431. The standard InChI is InChI=1S/C20H16F2N6O7S2/c21-16-8-17(26-20(22)25-16)24-10-2-4-15(37(31,32)33)13(6-10)27-28-19-12(23)3-1-9-5-11(36-35-34-30)7-14(29)18(9)19/h1-9,18,23,27,29-30H,(H,24,25,26)(H,31,32,33)/b23-12?,28-19+. The largest absolute Gasteiger partial charge is 0.512 e. The maximum absolute atomic E-state index is 13.4. The third kappa shape index (κ3) is 6.16. The van der Waals surface area contributed by atoms with E-state index in [2.05, 4.69) is 35.2 Å². The average Bonchev–Trinajstić information content (AvgIpc) is 2.81. The van der Waals surface area contributed by atoms with Gasteiger partial charge in [0.1, 0.15) is 16.5 Å². The number of benzene rings is 1. The van der Waals surface area contributed by atoms with Gasteiger partial charge in [-0.25, -0.2) is 5.26 Å². The smallest absolute Gasteiger partial charge is 0.313 e. The molecule has 0 spiro atoms. The number of nitrogens with zero attached hydrogens (tertiary/aromatic N) is 3. The normalized spacial score (nSPS) is 20.3. The Kier molecular flexibility index (Phi) is 7.62. The highest BCUT2D eigenvalue weighted by Gasteiger charge is 2.35. The summed E-state index contributed by atoms with van der Waals surface area (Å²) in [5, 5.41) is 37.4. The minimum absolute atomic E-state index is 0.0282. The number of hydrazone groups is 1. The Morgan fingerprint density at radius 1 is 1.22 bits per heavy atom. The van der Waals surface area contributed by atoms with Crippen LogP contribution in [0.15, 0.2) is 69.2 Å². The molecule has 2 aliphatic rings. The van der Waals surface area contributed by atoms with Crippen molar-refractivity contribution in [3.8, 4) is 0 Å². The van der Waals surface area contributed by atoms with Crippen molar-refractivity contribution < 1.29 is 41.5 Å². The van der Waals surface area contributed by atoms with E-state index in [0.29, 0.717) is 16.9 Å². The molecule has 2 aliphatic carbocycles. The Labute approximate surface area is 211 Å². The van der Waals surface area contributed by atoms with E-state index in [4.69, 9.17) is 10.7 Å². The quantitative estimate of drug-likeness (QED) is 0.0691. The minimum atomic E-state index is -4.75. The van der Waals surface area contributed by atoms with Crippen molar-refractivity contribution in [3.05, 3.63) is 71.3 Å². The summed E-state index contributed by atoms with van der Waals surface area (Å²) in [6.07, 6.45) is 4.68. The van der Waals surface area contributed by atoms with Crippen molar-refractivity contribution in [1.29, 1.82) is 5.41 Å². The van der Waals surface area contributed by atoms with Gasteiger partial charge in [-0.15, -0.1) is 4.33 Å². The summed E-state index contributed by atoms with van der Waals surface area (Å²) in [6.45, 7) is 0. The number of halogens is 2. The molecular weight excluding hydrogens is 538 g/mol. The van der Waals surface area contributed by atoms with E-state index in [1.54, 1.807) is 12.2 Å². The maximum atomic E-state index is 13.4. The molecule has 0 radical (unpaired) electrons. The van der Waals surface area contributed by atoms with E-state index < -0.39 is 38.9 Å². The molecule has 17 heteroatoms. The molecule has 0 saturated carbocycles. The second-order valence-corrected chi connectivity index (χ2v) is 9.62. The van der Waals surface area contributed by atoms with Crippen molar-refractivity contribution in [2.75, 3.05) is 10.7 Å². The number of aromatic nitrogens is 2. The van der Waals surface area contributed by atoms with Crippen molar-refractivity contribution in [2.45, 2.75) is 4.90 Å². The van der Waals surface area contributed by atoms with Crippen LogP contribution in [0.25, 0.3) is 0 Å². The fourth-order valence-electron chi connectivity index (χ4n) is 3.59. The van der Waals surface area contributed by atoms with Gasteiger partial charge < -0.3 is 10.4 Å². The second kappa shape index (κ2) is 10.7. The molecule has 0 aliphatic heterocycles. The van der Waals surface area contributed by atoms with Crippen LogP contribution in [0, 0.1) is 29.3 Å². The molecule has 1 aromatic heterocycles. The summed E-state index contributed by atoms with van der Waals surface area (Å²) < 4.78 is 64.5. The Hall–Kier alpha value is -3.74. The fourth-order valence-corrected chi connectivity index (χ4v) is 4.71.